The van der Waals surface area contributed by atoms with E-state index in [4.69, 9.17) is 11.6 Å². The number of nitrogens with zero attached hydrogens (tertiary/aromatic N) is 3. The summed E-state index contributed by atoms with van der Waals surface area (Å²) < 4.78 is 0. The molecule has 90 valence electrons. The molecule has 0 unspecified atom stereocenters. The predicted molar refractivity (Wildman–Crippen MR) is 68.9 cm³/mol. The molecule has 4 heteroatoms. The van der Waals surface area contributed by atoms with Gasteiger partial charge in [0.15, 0.2) is 0 Å². The Morgan fingerprint density at radius 3 is 2.19 bits per heavy atom. The average Bonchev–Trinajstić information content (AvgIpc) is 2.15. The summed E-state index contributed by atoms with van der Waals surface area (Å²) in [6.45, 7) is 10.8. The van der Waals surface area contributed by atoms with Crippen molar-refractivity contribution in [2.75, 3.05) is 18.0 Å². The highest BCUT2D eigenvalue weighted by molar-refractivity contribution is 6.28. The Hall–Kier alpha value is -0.830. The molecular formula is C12H20ClN3. The van der Waals surface area contributed by atoms with Crippen LogP contribution in [0.4, 0.5) is 5.82 Å². The van der Waals surface area contributed by atoms with Crippen molar-refractivity contribution in [3.05, 3.63) is 17.5 Å². The molecule has 0 saturated heterocycles. The third-order valence-electron chi connectivity index (χ3n) is 2.11. The zero-order valence-electron chi connectivity index (χ0n) is 10.4. The van der Waals surface area contributed by atoms with Gasteiger partial charge >= 0.3 is 0 Å². The fourth-order valence-corrected chi connectivity index (χ4v) is 1.79. The van der Waals surface area contributed by atoms with E-state index in [2.05, 4.69) is 42.6 Å². The van der Waals surface area contributed by atoms with Crippen LogP contribution in [0, 0.1) is 11.8 Å². The fourth-order valence-electron chi connectivity index (χ4n) is 1.65. The molecule has 0 radical (unpaired) electrons. The quantitative estimate of drug-likeness (QED) is 0.741. The highest BCUT2D eigenvalue weighted by Crippen LogP contribution is 2.15. The topological polar surface area (TPSA) is 29.0 Å². The van der Waals surface area contributed by atoms with Crippen LogP contribution in [-0.2, 0) is 0 Å². The molecule has 0 spiro atoms. The third-order valence-corrected chi connectivity index (χ3v) is 2.29. The zero-order chi connectivity index (χ0) is 12.1. The predicted octanol–water partition coefficient (Wildman–Crippen LogP) is 3.25. The van der Waals surface area contributed by atoms with Crippen molar-refractivity contribution in [2.24, 2.45) is 11.8 Å². The minimum absolute atomic E-state index is 0.315. The smallest absolute Gasteiger partial charge is 0.224 e. The Morgan fingerprint density at radius 2 is 1.75 bits per heavy atom. The molecule has 0 amide bonds. The van der Waals surface area contributed by atoms with Gasteiger partial charge in [-0.25, -0.2) is 9.97 Å². The molecule has 0 aromatic carbocycles. The van der Waals surface area contributed by atoms with E-state index in [1.807, 2.05) is 6.07 Å². The summed E-state index contributed by atoms with van der Waals surface area (Å²) in [5, 5.41) is 0.315. The normalized spacial score (nSPS) is 11.2. The molecule has 16 heavy (non-hydrogen) atoms. The van der Waals surface area contributed by atoms with Crippen molar-refractivity contribution in [2.45, 2.75) is 27.7 Å². The summed E-state index contributed by atoms with van der Waals surface area (Å²) in [4.78, 5) is 10.4. The van der Waals surface area contributed by atoms with Crippen molar-refractivity contribution >= 4 is 17.4 Å². The van der Waals surface area contributed by atoms with E-state index < -0.39 is 0 Å². The lowest BCUT2D eigenvalue weighted by molar-refractivity contribution is 0.548. The first-order chi connectivity index (χ1) is 7.49. The van der Waals surface area contributed by atoms with Crippen molar-refractivity contribution in [3.63, 3.8) is 0 Å². The molecular weight excluding hydrogens is 222 g/mol. The molecule has 0 fully saturated rings. The number of halogens is 1. The lowest BCUT2D eigenvalue weighted by Gasteiger charge is -2.27. The molecule has 1 aromatic rings. The lowest BCUT2D eigenvalue weighted by Crippen LogP contribution is -2.32. The summed E-state index contributed by atoms with van der Waals surface area (Å²) >= 11 is 5.81. The summed E-state index contributed by atoms with van der Waals surface area (Å²) in [7, 11) is 0. The highest BCUT2D eigenvalue weighted by Gasteiger charge is 2.12. The van der Waals surface area contributed by atoms with Crippen LogP contribution in [0.3, 0.4) is 0 Å². The number of rotatable bonds is 5. The molecule has 1 heterocycles. The van der Waals surface area contributed by atoms with Crippen LogP contribution in [0.5, 0.6) is 0 Å². The van der Waals surface area contributed by atoms with Gasteiger partial charge in [0.1, 0.15) is 5.82 Å². The molecule has 0 N–H and O–H groups in total. The van der Waals surface area contributed by atoms with Crippen molar-refractivity contribution in [1.82, 2.24) is 9.97 Å². The highest BCUT2D eigenvalue weighted by atomic mass is 35.5. The number of aromatic nitrogens is 2. The maximum absolute atomic E-state index is 5.81. The van der Waals surface area contributed by atoms with Gasteiger partial charge in [0.2, 0.25) is 5.28 Å². The second-order valence-electron chi connectivity index (χ2n) is 4.88. The van der Waals surface area contributed by atoms with Crippen molar-refractivity contribution in [1.29, 1.82) is 0 Å². The van der Waals surface area contributed by atoms with Crippen LogP contribution in [0.25, 0.3) is 0 Å². The third kappa shape index (κ3) is 4.35. The number of anilines is 1. The lowest BCUT2D eigenvalue weighted by atomic mass is 10.1. The van der Waals surface area contributed by atoms with E-state index in [-0.39, 0.29) is 0 Å². The van der Waals surface area contributed by atoms with Gasteiger partial charge < -0.3 is 4.90 Å². The van der Waals surface area contributed by atoms with Gasteiger partial charge in [-0.1, -0.05) is 27.7 Å². The first kappa shape index (κ1) is 13.2. The second-order valence-corrected chi connectivity index (χ2v) is 5.21. The molecule has 0 aliphatic carbocycles. The molecule has 1 aromatic heterocycles. The van der Waals surface area contributed by atoms with E-state index in [0.29, 0.717) is 17.1 Å². The Bertz CT molecular complexity index is 316. The molecule has 0 atom stereocenters. The van der Waals surface area contributed by atoms with Gasteiger partial charge in [-0.3, -0.25) is 0 Å². The molecule has 0 aliphatic rings. The van der Waals surface area contributed by atoms with Gasteiger partial charge in [-0.15, -0.1) is 0 Å². The number of hydrogen-bond donors (Lipinski definition) is 0. The zero-order valence-corrected chi connectivity index (χ0v) is 11.2. The summed E-state index contributed by atoms with van der Waals surface area (Å²) in [5.41, 5.74) is 0. The average molecular weight is 242 g/mol. The largest absolute Gasteiger partial charge is 0.356 e. The maximum Gasteiger partial charge on any atom is 0.224 e. The Kier molecular flexibility index (Phi) is 5.00. The summed E-state index contributed by atoms with van der Waals surface area (Å²) in [6, 6.07) is 1.91. The van der Waals surface area contributed by atoms with Crippen LogP contribution in [-0.4, -0.2) is 23.1 Å². The molecule has 0 saturated carbocycles. The van der Waals surface area contributed by atoms with Crippen LogP contribution in [0.2, 0.25) is 5.28 Å². The molecule has 1 rings (SSSR count). The van der Waals surface area contributed by atoms with Gasteiger partial charge in [0.05, 0.1) is 0 Å². The Labute approximate surface area is 103 Å². The fraction of sp³-hybridized carbons (Fsp3) is 0.667. The van der Waals surface area contributed by atoms with Crippen LogP contribution >= 0.6 is 11.6 Å². The molecule has 3 nitrogen and oxygen atoms in total. The monoisotopic (exact) mass is 241 g/mol. The first-order valence-corrected chi connectivity index (χ1v) is 6.10. The summed E-state index contributed by atoms with van der Waals surface area (Å²) in [6.07, 6.45) is 1.71. The Morgan fingerprint density at radius 1 is 1.19 bits per heavy atom. The van der Waals surface area contributed by atoms with Gasteiger partial charge in [-0.05, 0) is 29.5 Å². The van der Waals surface area contributed by atoms with E-state index in [1.54, 1.807) is 6.20 Å². The standard InChI is InChI=1S/C12H20ClN3/c1-9(2)7-16(8-10(3)4)11-5-6-14-12(13)15-11/h5-6,9-10H,7-8H2,1-4H3. The first-order valence-electron chi connectivity index (χ1n) is 5.72. The van der Waals surface area contributed by atoms with Crippen LogP contribution < -0.4 is 4.90 Å². The van der Waals surface area contributed by atoms with Gasteiger partial charge in [0.25, 0.3) is 0 Å². The van der Waals surface area contributed by atoms with Gasteiger partial charge in [0, 0.05) is 19.3 Å². The maximum atomic E-state index is 5.81. The van der Waals surface area contributed by atoms with Crippen molar-refractivity contribution < 1.29 is 0 Å². The van der Waals surface area contributed by atoms with E-state index >= 15 is 0 Å². The van der Waals surface area contributed by atoms with Crippen molar-refractivity contribution in [3.8, 4) is 0 Å². The SMILES string of the molecule is CC(C)CN(CC(C)C)c1ccnc(Cl)n1. The minimum Gasteiger partial charge on any atom is -0.356 e. The minimum atomic E-state index is 0.315. The van der Waals surface area contributed by atoms with Crippen LogP contribution in [0.15, 0.2) is 12.3 Å². The van der Waals surface area contributed by atoms with E-state index in [0.717, 1.165) is 18.9 Å². The van der Waals surface area contributed by atoms with Crippen LogP contribution in [0.1, 0.15) is 27.7 Å². The molecule has 0 aliphatic heterocycles. The van der Waals surface area contributed by atoms with Gasteiger partial charge in [-0.2, -0.15) is 0 Å². The number of hydrogen-bond acceptors (Lipinski definition) is 3. The van der Waals surface area contributed by atoms with E-state index in [9.17, 15) is 0 Å². The molecule has 0 bridgehead atoms. The van der Waals surface area contributed by atoms with E-state index in [1.165, 1.54) is 0 Å². The summed E-state index contributed by atoms with van der Waals surface area (Å²) in [5.74, 6) is 2.13. The Balaban J connectivity index is 2.82. The second kappa shape index (κ2) is 6.04.